The standard InChI is InChI=1S/C14H13N5O2S2/c15-14(20-9-10-22-23-13-7-3-4-8-16-13)21-19-12-6-2-1-5-11(12)17-18-19/h1-8,15H,9-10H2. The van der Waals surface area contributed by atoms with E-state index in [4.69, 9.17) is 15.0 Å². The van der Waals surface area contributed by atoms with E-state index < -0.39 is 0 Å². The van der Waals surface area contributed by atoms with Gasteiger partial charge in [-0.3, -0.25) is 4.84 Å². The maximum Gasteiger partial charge on any atom is 0.407 e. The minimum absolute atomic E-state index is 0.316. The molecule has 0 bridgehead atoms. The molecule has 2 aromatic heterocycles. The summed E-state index contributed by atoms with van der Waals surface area (Å²) in [7, 11) is 3.17. The molecule has 3 aromatic rings. The first-order valence-corrected chi connectivity index (χ1v) is 9.05. The molecular formula is C14H13N5O2S2. The fourth-order valence-electron chi connectivity index (χ4n) is 1.69. The summed E-state index contributed by atoms with van der Waals surface area (Å²) in [4.78, 5) is 10.6. The van der Waals surface area contributed by atoms with Gasteiger partial charge in [0.1, 0.15) is 22.7 Å². The Bertz CT molecular complexity index is 781. The summed E-state index contributed by atoms with van der Waals surface area (Å²) in [5, 5.41) is 16.4. The number of fused-ring (bicyclic) bond motifs is 1. The molecule has 118 valence electrons. The topological polar surface area (TPSA) is 85.9 Å². The molecule has 0 saturated heterocycles. The number of aromatic nitrogens is 4. The molecule has 0 atom stereocenters. The van der Waals surface area contributed by atoms with Gasteiger partial charge in [-0.2, -0.15) is 0 Å². The summed E-state index contributed by atoms with van der Waals surface area (Å²) in [6.45, 7) is 0.357. The summed E-state index contributed by atoms with van der Waals surface area (Å²) in [6, 6.07) is 13.1. The van der Waals surface area contributed by atoms with Crippen LogP contribution in [0.5, 0.6) is 0 Å². The summed E-state index contributed by atoms with van der Waals surface area (Å²) < 4.78 is 5.22. The van der Waals surface area contributed by atoms with Crippen molar-refractivity contribution in [3.63, 3.8) is 0 Å². The van der Waals surface area contributed by atoms with Gasteiger partial charge in [0.2, 0.25) is 0 Å². The highest BCUT2D eigenvalue weighted by Crippen LogP contribution is 2.28. The zero-order valence-electron chi connectivity index (χ0n) is 12.0. The molecule has 0 radical (unpaired) electrons. The first kappa shape index (κ1) is 15.6. The molecule has 0 saturated carbocycles. The van der Waals surface area contributed by atoms with Crippen LogP contribution in [0.25, 0.3) is 11.0 Å². The number of hydrogen-bond donors (Lipinski definition) is 1. The van der Waals surface area contributed by atoms with E-state index in [9.17, 15) is 0 Å². The SMILES string of the molecule is N=C(OCCSSc1ccccn1)On1nnc2ccccc21. The summed E-state index contributed by atoms with van der Waals surface area (Å²) in [5.74, 6) is 0.699. The van der Waals surface area contributed by atoms with Crippen LogP contribution in [0.2, 0.25) is 0 Å². The molecule has 1 N–H and O–H groups in total. The molecule has 0 fully saturated rings. The number of ether oxygens (including phenoxy) is 1. The third-order valence-electron chi connectivity index (χ3n) is 2.67. The lowest BCUT2D eigenvalue weighted by atomic mass is 10.3. The summed E-state index contributed by atoms with van der Waals surface area (Å²) >= 11 is 0. The third kappa shape index (κ3) is 4.36. The van der Waals surface area contributed by atoms with Gasteiger partial charge in [-0.1, -0.05) is 33.8 Å². The normalized spacial score (nSPS) is 10.6. The Hall–Kier alpha value is -2.26. The Labute approximate surface area is 140 Å². The van der Waals surface area contributed by atoms with Gasteiger partial charge in [-0.05, 0) is 40.3 Å². The molecule has 3 rings (SSSR count). The maximum atomic E-state index is 7.68. The first-order valence-electron chi connectivity index (χ1n) is 6.73. The van der Waals surface area contributed by atoms with Crippen molar-refractivity contribution < 1.29 is 9.57 Å². The highest BCUT2D eigenvalue weighted by atomic mass is 33.1. The Morgan fingerprint density at radius 1 is 1.17 bits per heavy atom. The predicted octanol–water partition coefficient (Wildman–Crippen LogP) is 2.65. The average molecular weight is 347 g/mol. The van der Waals surface area contributed by atoms with Crippen molar-refractivity contribution >= 4 is 38.7 Å². The second-order valence-corrected chi connectivity index (χ2v) is 6.69. The molecule has 0 aliphatic carbocycles. The largest absolute Gasteiger partial charge is 0.448 e. The number of nitrogens with zero attached hydrogens (tertiary/aromatic N) is 4. The lowest BCUT2D eigenvalue weighted by Gasteiger charge is -2.07. The number of hydrogen-bond acceptors (Lipinski definition) is 8. The van der Waals surface area contributed by atoms with E-state index >= 15 is 0 Å². The van der Waals surface area contributed by atoms with Crippen LogP contribution in [0.3, 0.4) is 0 Å². The predicted molar refractivity (Wildman–Crippen MR) is 90.3 cm³/mol. The molecule has 0 spiro atoms. The van der Waals surface area contributed by atoms with Crippen molar-refractivity contribution in [1.29, 1.82) is 5.41 Å². The van der Waals surface area contributed by atoms with Gasteiger partial charge in [-0.15, -0.1) is 5.10 Å². The Morgan fingerprint density at radius 3 is 2.91 bits per heavy atom. The van der Waals surface area contributed by atoms with Gasteiger partial charge in [0.05, 0.1) is 0 Å². The number of benzene rings is 1. The minimum Gasteiger partial charge on any atom is -0.448 e. The second kappa shape index (κ2) is 7.84. The number of pyridine rings is 1. The third-order valence-corrected chi connectivity index (χ3v) is 4.90. The molecule has 7 nitrogen and oxygen atoms in total. The van der Waals surface area contributed by atoms with Crippen molar-refractivity contribution in [2.45, 2.75) is 5.03 Å². The fourth-order valence-corrected chi connectivity index (χ4v) is 3.39. The molecule has 0 unspecified atom stereocenters. The van der Waals surface area contributed by atoms with E-state index in [-0.39, 0.29) is 6.08 Å². The molecule has 9 heteroatoms. The van der Waals surface area contributed by atoms with Crippen molar-refractivity contribution in [2.75, 3.05) is 12.4 Å². The summed E-state index contributed by atoms with van der Waals surface area (Å²) in [5.41, 5.74) is 1.38. The Kier molecular flexibility index (Phi) is 5.33. The molecule has 0 amide bonds. The van der Waals surface area contributed by atoms with E-state index in [0.717, 1.165) is 5.03 Å². The van der Waals surface area contributed by atoms with E-state index in [0.29, 0.717) is 23.4 Å². The quantitative estimate of drug-likeness (QED) is 0.317. The van der Waals surface area contributed by atoms with Gasteiger partial charge >= 0.3 is 6.08 Å². The first-order chi connectivity index (χ1) is 11.3. The molecule has 0 aliphatic rings. The van der Waals surface area contributed by atoms with Crippen LogP contribution < -0.4 is 4.84 Å². The number of rotatable bonds is 6. The van der Waals surface area contributed by atoms with Crippen LogP contribution in [0, 0.1) is 5.41 Å². The van der Waals surface area contributed by atoms with Crippen molar-refractivity contribution in [2.24, 2.45) is 0 Å². The van der Waals surface area contributed by atoms with Crippen molar-refractivity contribution in [1.82, 2.24) is 20.1 Å². The molecule has 1 aromatic carbocycles. The highest BCUT2D eigenvalue weighted by molar-refractivity contribution is 8.76. The molecule has 2 heterocycles. The minimum atomic E-state index is -0.316. The van der Waals surface area contributed by atoms with Crippen LogP contribution in [0.15, 0.2) is 53.7 Å². The van der Waals surface area contributed by atoms with Crippen molar-refractivity contribution in [3.05, 3.63) is 48.7 Å². The van der Waals surface area contributed by atoms with Crippen molar-refractivity contribution in [3.8, 4) is 0 Å². The smallest absolute Gasteiger partial charge is 0.407 e. The van der Waals surface area contributed by atoms with Crippen LogP contribution in [0.1, 0.15) is 0 Å². The van der Waals surface area contributed by atoms with Gasteiger partial charge in [0, 0.05) is 11.9 Å². The van der Waals surface area contributed by atoms with Gasteiger partial charge < -0.3 is 4.74 Å². The van der Waals surface area contributed by atoms with E-state index in [1.807, 2.05) is 42.5 Å². The van der Waals surface area contributed by atoms with Gasteiger partial charge in [0.25, 0.3) is 0 Å². The summed E-state index contributed by atoms with van der Waals surface area (Å²) in [6.07, 6.45) is 1.44. The van der Waals surface area contributed by atoms with E-state index in [1.54, 1.807) is 27.8 Å². The maximum absolute atomic E-state index is 7.68. The van der Waals surface area contributed by atoms with Crippen LogP contribution >= 0.6 is 21.6 Å². The molecule has 0 aliphatic heterocycles. The Balaban J connectivity index is 1.40. The molecule has 23 heavy (non-hydrogen) atoms. The number of para-hydroxylation sites is 1. The van der Waals surface area contributed by atoms with Gasteiger partial charge in [0.15, 0.2) is 0 Å². The lowest BCUT2D eigenvalue weighted by molar-refractivity contribution is 0.135. The van der Waals surface area contributed by atoms with E-state index in [1.165, 1.54) is 4.85 Å². The van der Waals surface area contributed by atoms with Crippen LogP contribution in [-0.2, 0) is 4.74 Å². The lowest BCUT2D eigenvalue weighted by Crippen LogP contribution is -2.23. The highest BCUT2D eigenvalue weighted by Gasteiger charge is 2.08. The van der Waals surface area contributed by atoms with E-state index in [2.05, 4.69) is 15.3 Å². The zero-order chi connectivity index (χ0) is 15.9. The monoisotopic (exact) mass is 347 g/mol. The molecular weight excluding hydrogens is 334 g/mol. The van der Waals surface area contributed by atoms with Gasteiger partial charge in [-0.25, -0.2) is 10.4 Å². The Morgan fingerprint density at radius 2 is 2.04 bits per heavy atom. The average Bonchev–Trinajstić information content (AvgIpc) is 2.99. The second-order valence-electron chi connectivity index (χ2n) is 4.25. The fraction of sp³-hybridized carbons (Fsp3) is 0.143. The zero-order valence-corrected chi connectivity index (χ0v) is 13.6. The van der Waals surface area contributed by atoms with Crippen LogP contribution in [-0.4, -0.2) is 38.6 Å². The van der Waals surface area contributed by atoms with Crippen LogP contribution in [0.4, 0.5) is 0 Å². The number of nitrogens with one attached hydrogen (secondary N) is 1.